The van der Waals surface area contributed by atoms with Gasteiger partial charge in [-0.05, 0) is 22.9 Å². The summed E-state index contributed by atoms with van der Waals surface area (Å²) in [5.41, 5.74) is 0.420. The first-order valence-electron chi connectivity index (χ1n) is 8.88. The second kappa shape index (κ2) is 7.55. The van der Waals surface area contributed by atoms with Crippen molar-refractivity contribution in [3.05, 3.63) is 86.8 Å². The van der Waals surface area contributed by atoms with Gasteiger partial charge in [-0.25, -0.2) is 4.98 Å². The Morgan fingerprint density at radius 2 is 1.31 bits per heavy atom. The van der Waals surface area contributed by atoms with Gasteiger partial charge in [0, 0.05) is 16.0 Å². The third kappa shape index (κ3) is 2.80. The molecule has 0 N–H and O–H groups in total. The smallest absolute Gasteiger partial charge is 0.358 e. The quantitative estimate of drug-likeness (QED) is 0.328. The lowest BCUT2D eigenvalue weighted by molar-refractivity contribution is 1.27. The molecule has 0 aliphatic heterocycles. The van der Waals surface area contributed by atoms with Crippen LogP contribution < -0.4 is 10.4 Å². The van der Waals surface area contributed by atoms with Crippen LogP contribution >= 0.6 is 0 Å². The summed E-state index contributed by atoms with van der Waals surface area (Å²) in [5.74, 6) is -0.271. The molecule has 0 aliphatic rings. The zero-order chi connectivity index (χ0) is 22.8. The van der Waals surface area contributed by atoms with E-state index in [1.165, 1.54) is 0 Å². The van der Waals surface area contributed by atoms with E-state index < -0.39 is 0 Å². The van der Waals surface area contributed by atoms with Crippen LogP contribution in [0.1, 0.15) is 5.69 Å². The molecule has 0 atom stereocenters. The maximum absolute atomic E-state index is 9.44. The molecule has 0 saturated heterocycles. The lowest BCUT2D eigenvalue weighted by Crippen LogP contribution is -2.06. The van der Waals surface area contributed by atoms with E-state index >= 15 is 0 Å². The molecule has 0 spiro atoms. The van der Waals surface area contributed by atoms with E-state index in [0.717, 1.165) is 10.8 Å². The van der Waals surface area contributed by atoms with Crippen molar-refractivity contribution in [1.82, 2.24) is 9.97 Å². The molecule has 0 fully saturated rings. The first-order chi connectivity index (χ1) is 15.6. The lowest BCUT2D eigenvalue weighted by atomic mass is 9.97. The van der Waals surface area contributed by atoms with Crippen molar-refractivity contribution in [2.24, 2.45) is 0 Å². The van der Waals surface area contributed by atoms with E-state index in [2.05, 4.69) is 24.5 Å². The fraction of sp³-hybridized carbons (Fsp3) is 0. The van der Waals surface area contributed by atoms with Crippen LogP contribution in [-0.4, -0.2) is 9.97 Å². The molecule has 0 radical (unpaired) electrons. The summed E-state index contributed by atoms with van der Waals surface area (Å²) in [6.07, 6.45) is 0. The summed E-state index contributed by atoms with van der Waals surface area (Å²) in [5, 5.41) is 31.3. The van der Waals surface area contributed by atoms with Crippen molar-refractivity contribution in [3.63, 3.8) is 0 Å². The molecule has 32 heavy (non-hydrogen) atoms. The van der Waals surface area contributed by atoms with E-state index in [4.69, 9.17) is 19.7 Å². The maximum atomic E-state index is 9.44. The van der Waals surface area contributed by atoms with Crippen molar-refractivity contribution < 1.29 is 0 Å². The molecule has 4 rings (SSSR count). The Balaban J connectivity index is 2.39. The predicted octanol–water partition coefficient (Wildman–Crippen LogP) is 3.46. The van der Waals surface area contributed by atoms with E-state index in [0.29, 0.717) is 32.2 Å². The molecular formula is C24H6N8. The monoisotopic (exact) mass is 406 g/mol. The average molecular weight is 406 g/mol. The van der Waals surface area contributed by atoms with E-state index in [-0.39, 0.29) is 22.9 Å². The van der Waals surface area contributed by atoms with Crippen LogP contribution in [0.15, 0.2) is 36.4 Å². The second-order valence-electron chi connectivity index (χ2n) is 6.48. The van der Waals surface area contributed by atoms with Gasteiger partial charge in [-0.15, -0.1) is 4.98 Å². The number of hydrogen-bond donors (Lipinski definition) is 0. The van der Waals surface area contributed by atoms with E-state index in [1.807, 2.05) is 18.2 Å². The fourth-order valence-electron chi connectivity index (χ4n) is 3.51. The largest absolute Gasteiger partial charge is 0.526 e. The Morgan fingerprint density at radius 3 is 1.84 bits per heavy atom. The fourth-order valence-corrected chi connectivity index (χ4v) is 3.51. The SMILES string of the molecule is [C-]#[N+]C([N+]#[C-])=c1ccc2c3ccc(=C(C#N)C#N)cc3c3nc(C#N)c([N+]#[C-])nc3c2c1. The van der Waals surface area contributed by atoms with Crippen molar-refractivity contribution in [3.8, 4) is 18.2 Å². The van der Waals surface area contributed by atoms with Crippen LogP contribution in [-0.2, 0) is 0 Å². The lowest BCUT2D eigenvalue weighted by Gasteiger charge is -2.08. The Labute approximate surface area is 180 Å². The van der Waals surface area contributed by atoms with Crippen molar-refractivity contribution in [1.29, 1.82) is 15.8 Å². The van der Waals surface area contributed by atoms with Crippen molar-refractivity contribution in [2.45, 2.75) is 0 Å². The topological polar surface area (TPSA) is 110 Å². The average Bonchev–Trinajstić information content (AvgIpc) is 2.84. The van der Waals surface area contributed by atoms with E-state index in [9.17, 15) is 15.8 Å². The summed E-state index contributed by atoms with van der Waals surface area (Å²) in [6.45, 7) is 21.8. The minimum atomic E-state index is -0.164. The first kappa shape index (κ1) is 19.5. The van der Waals surface area contributed by atoms with Gasteiger partial charge in [0.25, 0.3) is 0 Å². The zero-order valence-electron chi connectivity index (χ0n) is 16.0. The minimum Gasteiger partial charge on any atom is -0.358 e. The number of benzene rings is 3. The highest BCUT2D eigenvalue weighted by atomic mass is 14.9. The van der Waals surface area contributed by atoms with Crippen LogP contribution in [0, 0.1) is 53.7 Å². The van der Waals surface area contributed by atoms with Gasteiger partial charge in [-0.1, -0.05) is 30.8 Å². The Morgan fingerprint density at radius 1 is 0.750 bits per heavy atom. The molecule has 3 aromatic carbocycles. The van der Waals surface area contributed by atoms with Gasteiger partial charge in [0.05, 0.1) is 5.22 Å². The highest BCUT2D eigenvalue weighted by molar-refractivity contribution is 6.23. The normalized spacial score (nSPS) is 9.69. The minimum absolute atomic E-state index is 0.0740. The van der Waals surface area contributed by atoms with Gasteiger partial charge in [0.2, 0.25) is 0 Å². The maximum Gasteiger partial charge on any atom is 0.526 e. The van der Waals surface area contributed by atoms with Gasteiger partial charge in [-0.3, -0.25) is 0 Å². The molecule has 0 unspecified atom stereocenters. The summed E-state index contributed by atoms with van der Waals surface area (Å²) in [4.78, 5) is 18.6. The van der Waals surface area contributed by atoms with Crippen LogP contribution in [0.4, 0.5) is 5.82 Å². The van der Waals surface area contributed by atoms with Crippen molar-refractivity contribution in [2.75, 3.05) is 0 Å². The van der Waals surface area contributed by atoms with E-state index in [1.54, 1.807) is 36.4 Å². The highest BCUT2D eigenvalue weighted by Gasteiger charge is 2.18. The number of hydrogen-bond acceptors (Lipinski definition) is 5. The van der Waals surface area contributed by atoms with Crippen LogP contribution in [0.3, 0.4) is 0 Å². The number of rotatable bonds is 0. The molecule has 1 heterocycles. The Hall–Kier alpha value is -5.80. The van der Waals surface area contributed by atoms with Crippen molar-refractivity contribution >= 4 is 49.8 Å². The summed E-state index contributed by atoms with van der Waals surface area (Å²) in [7, 11) is 0. The molecule has 0 aliphatic carbocycles. The standard InChI is InChI=1S/C24H6N8/c1-28-23(29-2)14-5-7-17-16-6-4-13(15(10-25)11-26)8-18(16)21-22(19(17)9-14)32-24(30-3)20(12-27)31-21/h4-9H. The number of fused-ring (bicyclic) bond motifs is 6. The molecule has 8 heteroatoms. The number of nitriles is 3. The second-order valence-corrected chi connectivity index (χ2v) is 6.48. The number of aromatic nitrogens is 2. The summed E-state index contributed by atoms with van der Waals surface area (Å²) >= 11 is 0. The van der Waals surface area contributed by atoms with Gasteiger partial charge < -0.3 is 4.85 Å². The molecule has 0 bridgehead atoms. The Bertz CT molecular complexity index is 1720. The molecule has 8 nitrogen and oxygen atoms in total. The predicted molar refractivity (Wildman–Crippen MR) is 116 cm³/mol. The molecule has 0 saturated carbocycles. The third-order valence-electron chi connectivity index (χ3n) is 4.91. The molecule has 4 aromatic rings. The molecule has 142 valence electrons. The third-order valence-corrected chi connectivity index (χ3v) is 4.91. The first-order valence-corrected chi connectivity index (χ1v) is 8.88. The highest BCUT2D eigenvalue weighted by Crippen LogP contribution is 2.33. The van der Waals surface area contributed by atoms with Crippen LogP contribution in [0.5, 0.6) is 0 Å². The van der Waals surface area contributed by atoms with Gasteiger partial charge in [0.1, 0.15) is 42.4 Å². The summed E-state index contributed by atoms with van der Waals surface area (Å²) < 4.78 is 0. The van der Waals surface area contributed by atoms with Crippen LogP contribution in [0.2, 0.25) is 0 Å². The molecule has 1 aromatic heterocycles. The van der Waals surface area contributed by atoms with Gasteiger partial charge in [-0.2, -0.15) is 25.5 Å². The van der Waals surface area contributed by atoms with Crippen LogP contribution in [0.25, 0.3) is 58.5 Å². The zero-order valence-corrected chi connectivity index (χ0v) is 16.0. The Kier molecular flexibility index (Phi) is 4.61. The molecule has 0 amide bonds. The van der Waals surface area contributed by atoms with Gasteiger partial charge in [0.15, 0.2) is 11.2 Å². The molecular weight excluding hydrogens is 400 g/mol. The number of nitrogens with zero attached hydrogens (tertiary/aromatic N) is 8. The van der Waals surface area contributed by atoms with Gasteiger partial charge >= 0.3 is 11.6 Å². The summed E-state index contributed by atoms with van der Waals surface area (Å²) in [6, 6.07) is 15.7.